The summed E-state index contributed by atoms with van der Waals surface area (Å²) in [7, 11) is 0. The number of likely N-dealkylation sites (tertiary alicyclic amines) is 1. The third-order valence-corrected chi connectivity index (χ3v) is 3.37. The molecule has 0 spiro atoms. The van der Waals surface area contributed by atoms with Crippen molar-refractivity contribution in [2.45, 2.75) is 52.2 Å². The monoisotopic (exact) mass is 292 g/mol. The summed E-state index contributed by atoms with van der Waals surface area (Å²) in [6.07, 6.45) is 4.91. The summed E-state index contributed by atoms with van der Waals surface area (Å²) >= 11 is 0. The quantitative estimate of drug-likeness (QED) is 0.907. The number of aromatic nitrogens is 2. The van der Waals surface area contributed by atoms with Gasteiger partial charge in [0, 0.05) is 31.5 Å². The smallest absolute Gasteiger partial charge is 0.410 e. The predicted octanol–water partition coefficient (Wildman–Crippen LogP) is 2.60. The van der Waals surface area contributed by atoms with E-state index in [1.165, 1.54) is 0 Å². The van der Waals surface area contributed by atoms with Gasteiger partial charge in [-0.3, -0.25) is 4.98 Å². The highest BCUT2D eigenvalue weighted by Gasteiger charge is 2.27. The van der Waals surface area contributed by atoms with Crippen LogP contribution in [0.5, 0.6) is 0 Å². The van der Waals surface area contributed by atoms with Crippen molar-refractivity contribution in [2.24, 2.45) is 0 Å². The Bertz CT molecular complexity index is 491. The molecule has 0 radical (unpaired) electrons. The van der Waals surface area contributed by atoms with E-state index in [1.807, 2.05) is 27.7 Å². The van der Waals surface area contributed by atoms with Gasteiger partial charge < -0.3 is 15.0 Å². The molecule has 116 valence electrons. The molecule has 0 atom stereocenters. The van der Waals surface area contributed by atoms with Crippen LogP contribution in [0.4, 0.5) is 10.6 Å². The second kappa shape index (κ2) is 6.28. The van der Waals surface area contributed by atoms with Crippen LogP contribution in [0, 0.1) is 6.92 Å². The molecular formula is C15H24N4O2. The maximum absolute atomic E-state index is 12.0. The molecule has 1 fully saturated rings. The van der Waals surface area contributed by atoms with Gasteiger partial charge in [-0.15, -0.1) is 0 Å². The molecule has 1 saturated heterocycles. The van der Waals surface area contributed by atoms with E-state index in [0.717, 1.165) is 24.4 Å². The Kier molecular flexibility index (Phi) is 4.65. The summed E-state index contributed by atoms with van der Waals surface area (Å²) in [5.74, 6) is 0.827. The Morgan fingerprint density at radius 2 is 1.90 bits per heavy atom. The van der Waals surface area contributed by atoms with Crippen molar-refractivity contribution in [3.8, 4) is 0 Å². The first-order chi connectivity index (χ1) is 9.85. The van der Waals surface area contributed by atoms with Crippen molar-refractivity contribution in [3.63, 3.8) is 0 Å². The number of carbonyl (C=O) groups excluding carboxylic acids is 1. The molecule has 0 aromatic carbocycles. The first-order valence-electron chi connectivity index (χ1n) is 7.37. The Morgan fingerprint density at radius 3 is 2.48 bits per heavy atom. The normalized spacial score (nSPS) is 16.7. The van der Waals surface area contributed by atoms with E-state index < -0.39 is 5.60 Å². The summed E-state index contributed by atoms with van der Waals surface area (Å²) in [4.78, 5) is 22.3. The average Bonchev–Trinajstić information content (AvgIpc) is 2.40. The zero-order valence-corrected chi connectivity index (χ0v) is 13.2. The van der Waals surface area contributed by atoms with Crippen LogP contribution < -0.4 is 5.32 Å². The molecule has 1 amide bonds. The van der Waals surface area contributed by atoms with Gasteiger partial charge in [0.2, 0.25) is 0 Å². The Balaban J connectivity index is 1.83. The lowest BCUT2D eigenvalue weighted by Gasteiger charge is -2.34. The molecule has 1 aliphatic heterocycles. The van der Waals surface area contributed by atoms with Crippen molar-refractivity contribution < 1.29 is 9.53 Å². The lowest BCUT2D eigenvalue weighted by atomic mass is 10.1. The number of ether oxygens (including phenoxy) is 1. The Hall–Kier alpha value is -1.85. The largest absolute Gasteiger partial charge is 0.444 e. The van der Waals surface area contributed by atoms with Gasteiger partial charge in [0.05, 0.1) is 5.69 Å². The number of anilines is 1. The number of hydrogen-bond acceptors (Lipinski definition) is 5. The second-order valence-corrected chi connectivity index (χ2v) is 6.38. The highest BCUT2D eigenvalue weighted by molar-refractivity contribution is 5.68. The number of nitrogens with zero attached hydrogens (tertiary/aromatic N) is 3. The summed E-state index contributed by atoms with van der Waals surface area (Å²) in [6, 6.07) is 0.319. The van der Waals surface area contributed by atoms with Crippen molar-refractivity contribution >= 4 is 11.9 Å². The molecule has 0 aliphatic carbocycles. The number of nitrogens with one attached hydrogen (secondary N) is 1. The standard InChI is InChI=1S/C15H24N4O2/c1-11-13(17-8-7-16-11)18-12-5-9-19(10-6-12)14(20)21-15(2,3)4/h7-8,12H,5-6,9-10H2,1-4H3,(H,17,18). The zero-order chi connectivity index (χ0) is 15.5. The van der Waals surface area contributed by atoms with Crippen molar-refractivity contribution in [1.82, 2.24) is 14.9 Å². The van der Waals surface area contributed by atoms with Gasteiger partial charge in [0.1, 0.15) is 11.4 Å². The molecule has 0 unspecified atom stereocenters. The molecule has 2 heterocycles. The van der Waals surface area contributed by atoms with E-state index in [9.17, 15) is 4.79 Å². The van der Waals surface area contributed by atoms with Gasteiger partial charge in [-0.05, 0) is 40.5 Å². The molecule has 6 nitrogen and oxygen atoms in total. The van der Waals surface area contributed by atoms with Crippen LogP contribution in [0.25, 0.3) is 0 Å². The van der Waals surface area contributed by atoms with Crippen LogP contribution in [0.1, 0.15) is 39.3 Å². The van der Waals surface area contributed by atoms with Crippen LogP contribution in [-0.4, -0.2) is 45.7 Å². The molecule has 0 saturated carbocycles. The van der Waals surface area contributed by atoms with Crippen molar-refractivity contribution in [3.05, 3.63) is 18.1 Å². The fourth-order valence-electron chi connectivity index (χ4n) is 2.28. The van der Waals surface area contributed by atoms with Crippen molar-refractivity contribution in [2.75, 3.05) is 18.4 Å². The lowest BCUT2D eigenvalue weighted by Crippen LogP contribution is -2.44. The summed E-state index contributed by atoms with van der Waals surface area (Å²) in [5.41, 5.74) is 0.454. The Labute approximate surface area is 125 Å². The maximum Gasteiger partial charge on any atom is 0.410 e. The Morgan fingerprint density at radius 1 is 1.29 bits per heavy atom. The average molecular weight is 292 g/mol. The van der Waals surface area contributed by atoms with E-state index in [2.05, 4.69) is 15.3 Å². The minimum Gasteiger partial charge on any atom is -0.444 e. The van der Waals surface area contributed by atoms with Gasteiger partial charge in [-0.1, -0.05) is 0 Å². The molecule has 21 heavy (non-hydrogen) atoms. The molecule has 1 N–H and O–H groups in total. The van der Waals surface area contributed by atoms with Crippen LogP contribution >= 0.6 is 0 Å². The van der Waals surface area contributed by atoms with Gasteiger partial charge in [-0.25, -0.2) is 9.78 Å². The fraction of sp³-hybridized carbons (Fsp3) is 0.667. The molecule has 1 aromatic heterocycles. The van der Waals surface area contributed by atoms with Gasteiger partial charge in [0.15, 0.2) is 0 Å². The minimum atomic E-state index is -0.442. The van der Waals surface area contributed by atoms with E-state index in [1.54, 1.807) is 17.3 Å². The van der Waals surface area contributed by atoms with Crippen LogP contribution in [0.15, 0.2) is 12.4 Å². The summed E-state index contributed by atoms with van der Waals surface area (Å²) in [6.45, 7) is 8.99. The summed E-state index contributed by atoms with van der Waals surface area (Å²) in [5, 5.41) is 3.40. The second-order valence-electron chi connectivity index (χ2n) is 6.38. The summed E-state index contributed by atoms with van der Waals surface area (Å²) < 4.78 is 5.39. The predicted molar refractivity (Wildman–Crippen MR) is 81.2 cm³/mol. The molecule has 6 heteroatoms. The van der Waals surface area contributed by atoms with Gasteiger partial charge >= 0.3 is 6.09 Å². The fourth-order valence-corrected chi connectivity index (χ4v) is 2.28. The first kappa shape index (κ1) is 15.5. The van der Waals surface area contributed by atoms with Crippen LogP contribution in [-0.2, 0) is 4.74 Å². The van der Waals surface area contributed by atoms with Crippen molar-refractivity contribution in [1.29, 1.82) is 0 Å². The molecular weight excluding hydrogens is 268 g/mol. The molecule has 1 aromatic rings. The number of aryl methyl sites for hydroxylation is 1. The van der Waals surface area contributed by atoms with E-state index >= 15 is 0 Å². The van der Waals surface area contributed by atoms with E-state index in [-0.39, 0.29) is 6.09 Å². The number of rotatable bonds is 2. The van der Waals surface area contributed by atoms with Crippen LogP contribution in [0.2, 0.25) is 0 Å². The zero-order valence-electron chi connectivity index (χ0n) is 13.2. The minimum absolute atomic E-state index is 0.225. The lowest BCUT2D eigenvalue weighted by molar-refractivity contribution is 0.0210. The highest BCUT2D eigenvalue weighted by Crippen LogP contribution is 2.18. The topological polar surface area (TPSA) is 67.4 Å². The molecule has 0 bridgehead atoms. The molecule has 1 aliphatic rings. The first-order valence-corrected chi connectivity index (χ1v) is 7.37. The van der Waals surface area contributed by atoms with E-state index in [4.69, 9.17) is 4.74 Å². The number of hydrogen-bond donors (Lipinski definition) is 1. The SMILES string of the molecule is Cc1nccnc1NC1CCN(C(=O)OC(C)(C)C)CC1. The third-order valence-electron chi connectivity index (χ3n) is 3.37. The van der Waals surface area contributed by atoms with Gasteiger partial charge in [-0.2, -0.15) is 0 Å². The maximum atomic E-state index is 12.0. The number of amides is 1. The highest BCUT2D eigenvalue weighted by atomic mass is 16.6. The van der Waals surface area contributed by atoms with Crippen LogP contribution in [0.3, 0.4) is 0 Å². The number of piperidine rings is 1. The third kappa shape index (κ3) is 4.58. The van der Waals surface area contributed by atoms with E-state index in [0.29, 0.717) is 19.1 Å². The number of carbonyl (C=O) groups is 1. The molecule has 2 rings (SSSR count). The van der Waals surface area contributed by atoms with Gasteiger partial charge in [0.25, 0.3) is 0 Å².